The van der Waals surface area contributed by atoms with Gasteiger partial charge < -0.3 is 4.98 Å². The van der Waals surface area contributed by atoms with Crippen molar-refractivity contribution in [3.05, 3.63) is 54.1 Å². The van der Waals surface area contributed by atoms with Gasteiger partial charge in [-0.1, -0.05) is 11.8 Å². The van der Waals surface area contributed by atoms with Crippen molar-refractivity contribution in [1.29, 1.82) is 0 Å². The third-order valence-electron chi connectivity index (χ3n) is 3.42. The topological polar surface area (TPSA) is 28.7 Å². The fraction of sp³-hybridized carbons (Fsp3) is 0.0625. The van der Waals surface area contributed by atoms with Crippen LogP contribution in [0.1, 0.15) is 0 Å². The number of imidazole rings is 1. The molecule has 3 aromatic rings. The van der Waals surface area contributed by atoms with Crippen molar-refractivity contribution in [3.8, 4) is 22.5 Å². The Bertz CT molecular complexity index is 844. The van der Waals surface area contributed by atoms with Crippen LogP contribution in [0.4, 0.5) is 8.78 Å². The van der Waals surface area contributed by atoms with Crippen molar-refractivity contribution >= 4 is 23.5 Å². The van der Waals surface area contributed by atoms with Gasteiger partial charge in [-0.25, -0.2) is 13.8 Å². The minimum atomic E-state index is -0.280. The molecular weight excluding hydrogens is 322 g/mol. The van der Waals surface area contributed by atoms with E-state index in [2.05, 4.69) is 9.97 Å². The third kappa shape index (κ3) is 2.42. The van der Waals surface area contributed by atoms with E-state index in [-0.39, 0.29) is 11.6 Å². The molecule has 4 rings (SSSR count). The first-order valence-corrected chi connectivity index (χ1v) is 8.59. The third-order valence-corrected chi connectivity index (χ3v) is 5.48. The van der Waals surface area contributed by atoms with E-state index in [1.54, 1.807) is 47.8 Å². The number of halogens is 2. The van der Waals surface area contributed by atoms with Crippen LogP contribution in [0.25, 0.3) is 22.5 Å². The average molecular weight is 332 g/mol. The summed E-state index contributed by atoms with van der Waals surface area (Å²) in [6, 6.07) is 11.0. The van der Waals surface area contributed by atoms with Crippen LogP contribution in [0.2, 0.25) is 0 Å². The van der Waals surface area contributed by atoms with Gasteiger partial charge in [-0.05, 0) is 42.5 Å². The van der Waals surface area contributed by atoms with Gasteiger partial charge in [0.1, 0.15) is 11.6 Å². The lowest BCUT2D eigenvalue weighted by atomic mass is 10.0. The van der Waals surface area contributed by atoms with Crippen LogP contribution < -0.4 is 0 Å². The molecule has 0 aliphatic carbocycles. The smallest absolute Gasteiger partial charge is 0.167 e. The molecule has 0 unspecified atom stereocenters. The average Bonchev–Trinajstić information content (AvgIpc) is 2.92. The van der Waals surface area contributed by atoms with E-state index >= 15 is 0 Å². The van der Waals surface area contributed by atoms with Crippen LogP contribution in [-0.2, 0) is 0 Å². The molecule has 2 bridgehead atoms. The summed E-state index contributed by atoms with van der Waals surface area (Å²) in [6.07, 6.45) is 0. The van der Waals surface area contributed by atoms with Crippen LogP contribution in [0.5, 0.6) is 0 Å². The number of nitrogens with one attached hydrogen (secondary N) is 1. The van der Waals surface area contributed by atoms with Crippen LogP contribution >= 0.6 is 23.5 Å². The van der Waals surface area contributed by atoms with Gasteiger partial charge in [-0.2, -0.15) is 0 Å². The molecular formula is C16H10F2N2S2. The number of rotatable bonds is 1. The van der Waals surface area contributed by atoms with E-state index in [1.807, 2.05) is 0 Å². The Hall–Kier alpha value is -1.79. The van der Waals surface area contributed by atoms with Crippen LogP contribution in [0.15, 0.2) is 52.5 Å². The SMILES string of the molecule is Fc1ccc(-c2nc3[nH]c2-c2ccc(F)cc2SCS3)cc1. The number of H-pyrrole nitrogens is 1. The van der Waals surface area contributed by atoms with Crippen LogP contribution in [-0.4, -0.2) is 15.1 Å². The number of aromatic amines is 1. The largest absolute Gasteiger partial charge is 0.332 e. The first-order valence-electron chi connectivity index (χ1n) is 6.62. The van der Waals surface area contributed by atoms with Crippen molar-refractivity contribution in [2.75, 3.05) is 5.08 Å². The second kappa shape index (κ2) is 5.44. The van der Waals surface area contributed by atoms with Gasteiger partial charge in [0.05, 0.1) is 16.5 Å². The molecule has 1 aromatic heterocycles. The van der Waals surface area contributed by atoms with Crippen LogP contribution in [0.3, 0.4) is 0 Å². The molecule has 0 fully saturated rings. The molecule has 0 spiro atoms. The van der Waals surface area contributed by atoms with Crippen molar-refractivity contribution in [3.63, 3.8) is 0 Å². The highest BCUT2D eigenvalue weighted by Crippen LogP contribution is 2.42. The Balaban J connectivity index is 1.93. The molecule has 22 heavy (non-hydrogen) atoms. The number of thioether (sulfide) groups is 2. The molecule has 0 radical (unpaired) electrons. The number of hydrogen-bond acceptors (Lipinski definition) is 3. The molecule has 6 heteroatoms. The maximum Gasteiger partial charge on any atom is 0.167 e. The van der Waals surface area contributed by atoms with E-state index in [0.29, 0.717) is 0 Å². The quantitative estimate of drug-likeness (QED) is 0.666. The summed E-state index contributed by atoms with van der Waals surface area (Å²) in [5.74, 6) is -0.530. The van der Waals surface area contributed by atoms with Gasteiger partial charge in [0.25, 0.3) is 0 Å². The van der Waals surface area contributed by atoms with Crippen molar-refractivity contribution in [2.45, 2.75) is 10.1 Å². The second-order valence-electron chi connectivity index (χ2n) is 4.82. The van der Waals surface area contributed by atoms with Gasteiger partial charge in [-0.3, -0.25) is 0 Å². The molecule has 2 nitrogen and oxygen atoms in total. The summed E-state index contributed by atoms with van der Waals surface area (Å²) >= 11 is 3.17. The molecule has 2 aromatic carbocycles. The zero-order valence-electron chi connectivity index (χ0n) is 11.3. The molecule has 1 N–H and O–H groups in total. The minimum Gasteiger partial charge on any atom is -0.332 e. The lowest BCUT2D eigenvalue weighted by Gasteiger charge is -2.11. The lowest BCUT2D eigenvalue weighted by molar-refractivity contribution is 0.624. The van der Waals surface area contributed by atoms with Gasteiger partial charge in [-0.15, -0.1) is 11.8 Å². The number of benzene rings is 2. The first kappa shape index (κ1) is 13.8. The summed E-state index contributed by atoms with van der Waals surface area (Å²) in [7, 11) is 0. The van der Waals surface area contributed by atoms with E-state index in [4.69, 9.17) is 0 Å². The van der Waals surface area contributed by atoms with Crippen molar-refractivity contribution < 1.29 is 8.78 Å². The molecule has 110 valence electrons. The van der Waals surface area contributed by atoms with Crippen molar-refractivity contribution in [2.24, 2.45) is 0 Å². The number of aromatic nitrogens is 2. The summed E-state index contributed by atoms with van der Waals surface area (Å²) in [5, 5.41) is 1.57. The monoisotopic (exact) mass is 332 g/mol. The fourth-order valence-electron chi connectivity index (χ4n) is 2.40. The second-order valence-corrected chi connectivity index (χ2v) is 7.17. The van der Waals surface area contributed by atoms with Gasteiger partial charge in [0.2, 0.25) is 0 Å². The first-order chi connectivity index (χ1) is 10.7. The normalized spacial score (nSPS) is 13.4. The van der Waals surface area contributed by atoms with Gasteiger partial charge in [0.15, 0.2) is 5.16 Å². The van der Waals surface area contributed by atoms with Crippen molar-refractivity contribution in [1.82, 2.24) is 9.97 Å². The summed E-state index contributed by atoms with van der Waals surface area (Å²) < 4.78 is 26.6. The van der Waals surface area contributed by atoms with E-state index in [0.717, 1.165) is 37.7 Å². The number of nitrogens with zero attached hydrogens (tertiary/aromatic N) is 1. The van der Waals surface area contributed by atoms with Gasteiger partial charge >= 0.3 is 0 Å². The standard InChI is InChI=1S/C16H10F2N2S2/c17-10-3-1-9(2-4-10)14-15-12-6-5-11(18)7-13(12)21-8-22-16(19-14)20-15/h1-7H,8H2,(H,19,20). The summed E-state index contributed by atoms with van der Waals surface area (Å²) in [5.41, 5.74) is 3.36. The summed E-state index contributed by atoms with van der Waals surface area (Å²) in [4.78, 5) is 8.78. The number of fused-ring (bicyclic) bond motifs is 4. The highest BCUT2D eigenvalue weighted by atomic mass is 32.2. The Labute approximate surface area is 134 Å². The summed E-state index contributed by atoms with van der Waals surface area (Å²) in [6.45, 7) is 0. The molecule has 0 atom stereocenters. The van der Waals surface area contributed by atoms with E-state index in [1.165, 1.54) is 18.2 Å². The predicted molar refractivity (Wildman–Crippen MR) is 86.0 cm³/mol. The zero-order valence-corrected chi connectivity index (χ0v) is 12.9. The van der Waals surface area contributed by atoms with E-state index in [9.17, 15) is 8.78 Å². The Kier molecular flexibility index (Phi) is 3.43. The fourth-order valence-corrected chi connectivity index (χ4v) is 4.44. The molecule has 0 amide bonds. The molecule has 0 saturated heterocycles. The Morgan fingerprint density at radius 2 is 1.73 bits per heavy atom. The van der Waals surface area contributed by atoms with Gasteiger partial charge in [0, 0.05) is 16.0 Å². The maximum absolute atomic E-state index is 13.5. The highest BCUT2D eigenvalue weighted by molar-refractivity contribution is 8.16. The van der Waals surface area contributed by atoms with E-state index < -0.39 is 0 Å². The predicted octanol–water partition coefficient (Wildman–Crippen LogP) is 5.18. The number of hydrogen-bond donors (Lipinski definition) is 1. The molecule has 0 saturated carbocycles. The molecule has 1 aliphatic heterocycles. The Morgan fingerprint density at radius 3 is 2.55 bits per heavy atom. The maximum atomic E-state index is 13.5. The highest BCUT2D eigenvalue weighted by Gasteiger charge is 2.20. The molecule has 1 aliphatic rings. The zero-order chi connectivity index (χ0) is 15.1. The molecule has 2 heterocycles. The minimum absolute atomic E-state index is 0.250. The van der Waals surface area contributed by atoms with Crippen LogP contribution in [0, 0.1) is 11.6 Å². The lowest BCUT2D eigenvalue weighted by Crippen LogP contribution is -1.90. The Morgan fingerprint density at radius 1 is 0.955 bits per heavy atom.